The lowest BCUT2D eigenvalue weighted by atomic mass is 10.1. The van der Waals surface area contributed by atoms with Crippen LogP contribution in [0.1, 0.15) is 11.6 Å². The molecule has 2 N–H and O–H groups in total. The van der Waals surface area contributed by atoms with Gasteiger partial charge in [-0.2, -0.15) is 0 Å². The van der Waals surface area contributed by atoms with Gasteiger partial charge in [-0.1, -0.05) is 35.3 Å². The predicted octanol–water partition coefficient (Wildman–Crippen LogP) is 3.18. The predicted molar refractivity (Wildman–Crippen MR) is 53.6 cm³/mol. The zero-order valence-electron chi connectivity index (χ0n) is 6.43. The average molecular weight is 202 g/mol. The molecule has 1 aromatic carbocycles. The quantitative estimate of drug-likeness (QED) is 0.732. The molecule has 1 atom stereocenters. The highest BCUT2D eigenvalue weighted by molar-refractivity contribution is 6.42. The van der Waals surface area contributed by atoms with Gasteiger partial charge in [0.2, 0.25) is 0 Å². The van der Waals surface area contributed by atoms with Crippen molar-refractivity contribution in [2.45, 2.75) is 6.04 Å². The molecule has 0 saturated heterocycles. The first-order chi connectivity index (χ1) is 5.65. The molecular weight excluding hydrogens is 193 g/mol. The van der Waals surface area contributed by atoms with Crippen LogP contribution in [0.3, 0.4) is 0 Å². The second-order valence-electron chi connectivity index (χ2n) is 2.44. The molecular formula is C9H9Cl2N. The Morgan fingerprint density at radius 1 is 1.33 bits per heavy atom. The van der Waals surface area contributed by atoms with Crippen LogP contribution in [0, 0.1) is 0 Å². The molecule has 0 aromatic heterocycles. The highest BCUT2D eigenvalue weighted by Crippen LogP contribution is 2.24. The minimum absolute atomic E-state index is 0.181. The van der Waals surface area contributed by atoms with Crippen molar-refractivity contribution in [1.82, 2.24) is 0 Å². The summed E-state index contributed by atoms with van der Waals surface area (Å²) in [5.41, 5.74) is 6.61. The summed E-state index contributed by atoms with van der Waals surface area (Å²) < 4.78 is 0. The van der Waals surface area contributed by atoms with E-state index in [1.165, 1.54) is 0 Å². The Morgan fingerprint density at radius 3 is 2.50 bits per heavy atom. The van der Waals surface area contributed by atoms with Gasteiger partial charge in [0.05, 0.1) is 10.0 Å². The number of rotatable bonds is 2. The van der Waals surface area contributed by atoms with E-state index in [0.717, 1.165) is 5.56 Å². The molecule has 0 unspecified atom stereocenters. The molecule has 1 rings (SSSR count). The number of hydrogen-bond acceptors (Lipinski definition) is 1. The van der Waals surface area contributed by atoms with Crippen molar-refractivity contribution in [3.63, 3.8) is 0 Å². The molecule has 0 heterocycles. The second-order valence-corrected chi connectivity index (χ2v) is 3.25. The van der Waals surface area contributed by atoms with Crippen LogP contribution in [0.25, 0.3) is 0 Å². The van der Waals surface area contributed by atoms with Crippen LogP contribution in [0.2, 0.25) is 10.0 Å². The number of nitrogens with two attached hydrogens (primary N) is 1. The molecule has 0 spiro atoms. The van der Waals surface area contributed by atoms with Crippen LogP contribution in [-0.2, 0) is 0 Å². The van der Waals surface area contributed by atoms with Gasteiger partial charge in [-0.05, 0) is 17.7 Å². The Bertz CT molecular complexity index is 297. The molecule has 0 fully saturated rings. The molecule has 0 aliphatic carbocycles. The van der Waals surface area contributed by atoms with E-state index in [-0.39, 0.29) is 6.04 Å². The maximum absolute atomic E-state index is 5.79. The van der Waals surface area contributed by atoms with Crippen molar-refractivity contribution < 1.29 is 0 Å². The van der Waals surface area contributed by atoms with E-state index < -0.39 is 0 Å². The summed E-state index contributed by atoms with van der Waals surface area (Å²) in [6.07, 6.45) is 1.65. The molecule has 1 nitrogen and oxygen atoms in total. The van der Waals surface area contributed by atoms with E-state index in [2.05, 4.69) is 6.58 Å². The first-order valence-corrected chi connectivity index (χ1v) is 4.24. The standard InChI is InChI=1S/C9H9Cl2N/c1-2-9(12)6-3-4-7(10)8(11)5-6/h2-5,9H,1,12H2/t9-/m1/s1. The maximum Gasteiger partial charge on any atom is 0.0595 e. The average Bonchev–Trinajstić information content (AvgIpc) is 2.08. The lowest BCUT2D eigenvalue weighted by molar-refractivity contribution is 0.915. The van der Waals surface area contributed by atoms with Crippen LogP contribution in [-0.4, -0.2) is 0 Å². The van der Waals surface area contributed by atoms with Gasteiger partial charge in [0, 0.05) is 6.04 Å². The Labute approximate surface area is 81.8 Å². The van der Waals surface area contributed by atoms with Gasteiger partial charge in [0.15, 0.2) is 0 Å². The van der Waals surface area contributed by atoms with Crippen molar-refractivity contribution >= 4 is 23.2 Å². The first kappa shape index (κ1) is 9.59. The smallest absolute Gasteiger partial charge is 0.0595 e. The third kappa shape index (κ3) is 2.01. The van der Waals surface area contributed by atoms with E-state index in [0.29, 0.717) is 10.0 Å². The molecule has 0 bridgehead atoms. The fourth-order valence-electron chi connectivity index (χ4n) is 0.856. The van der Waals surface area contributed by atoms with Crippen molar-refractivity contribution in [2.24, 2.45) is 5.73 Å². The molecule has 0 saturated carbocycles. The summed E-state index contributed by atoms with van der Waals surface area (Å²) in [7, 11) is 0. The van der Waals surface area contributed by atoms with Gasteiger partial charge in [-0.25, -0.2) is 0 Å². The Kier molecular flexibility index (Phi) is 3.15. The van der Waals surface area contributed by atoms with Crippen LogP contribution in [0.4, 0.5) is 0 Å². The second kappa shape index (κ2) is 3.94. The largest absolute Gasteiger partial charge is 0.321 e. The molecule has 0 amide bonds. The Morgan fingerprint density at radius 2 is 2.00 bits per heavy atom. The van der Waals surface area contributed by atoms with E-state index in [9.17, 15) is 0 Å². The van der Waals surface area contributed by atoms with E-state index in [1.807, 2.05) is 6.07 Å². The molecule has 64 valence electrons. The first-order valence-electron chi connectivity index (χ1n) is 3.48. The summed E-state index contributed by atoms with van der Waals surface area (Å²) in [6.45, 7) is 3.59. The van der Waals surface area contributed by atoms with Crippen molar-refractivity contribution in [3.8, 4) is 0 Å². The monoisotopic (exact) mass is 201 g/mol. The van der Waals surface area contributed by atoms with Gasteiger partial charge in [-0.15, -0.1) is 6.58 Å². The SMILES string of the molecule is C=C[C@@H](N)c1ccc(Cl)c(Cl)c1. The van der Waals surface area contributed by atoms with Crippen LogP contribution in [0.5, 0.6) is 0 Å². The van der Waals surface area contributed by atoms with E-state index >= 15 is 0 Å². The molecule has 12 heavy (non-hydrogen) atoms. The molecule has 0 radical (unpaired) electrons. The summed E-state index contributed by atoms with van der Waals surface area (Å²) in [5.74, 6) is 0. The van der Waals surface area contributed by atoms with Crippen LogP contribution in [0.15, 0.2) is 30.9 Å². The summed E-state index contributed by atoms with van der Waals surface area (Å²) >= 11 is 11.5. The summed E-state index contributed by atoms with van der Waals surface area (Å²) in [5, 5.41) is 1.06. The number of hydrogen-bond donors (Lipinski definition) is 1. The van der Waals surface area contributed by atoms with Gasteiger partial charge in [0.1, 0.15) is 0 Å². The van der Waals surface area contributed by atoms with Gasteiger partial charge >= 0.3 is 0 Å². The lowest BCUT2D eigenvalue weighted by Crippen LogP contribution is -2.05. The summed E-state index contributed by atoms with van der Waals surface area (Å²) in [6, 6.07) is 5.12. The minimum atomic E-state index is -0.181. The van der Waals surface area contributed by atoms with Crippen LogP contribution >= 0.6 is 23.2 Å². The minimum Gasteiger partial charge on any atom is -0.321 e. The van der Waals surface area contributed by atoms with Crippen molar-refractivity contribution in [2.75, 3.05) is 0 Å². The summed E-state index contributed by atoms with van der Waals surface area (Å²) in [4.78, 5) is 0. The van der Waals surface area contributed by atoms with Gasteiger partial charge in [0.25, 0.3) is 0 Å². The topological polar surface area (TPSA) is 26.0 Å². The Hall–Kier alpha value is -0.500. The third-order valence-electron chi connectivity index (χ3n) is 1.58. The molecule has 1 aromatic rings. The highest BCUT2D eigenvalue weighted by Gasteiger charge is 2.03. The molecule has 0 aliphatic rings. The zero-order valence-corrected chi connectivity index (χ0v) is 7.94. The fourth-order valence-corrected chi connectivity index (χ4v) is 1.16. The van der Waals surface area contributed by atoms with E-state index in [4.69, 9.17) is 28.9 Å². The van der Waals surface area contributed by atoms with Crippen LogP contribution < -0.4 is 5.73 Å². The number of halogens is 2. The Balaban J connectivity index is 3.04. The molecule has 3 heteroatoms. The normalized spacial score (nSPS) is 12.6. The van der Waals surface area contributed by atoms with Crippen molar-refractivity contribution in [1.29, 1.82) is 0 Å². The third-order valence-corrected chi connectivity index (χ3v) is 2.32. The highest BCUT2D eigenvalue weighted by atomic mass is 35.5. The maximum atomic E-state index is 5.79. The van der Waals surface area contributed by atoms with Crippen molar-refractivity contribution in [3.05, 3.63) is 46.5 Å². The van der Waals surface area contributed by atoms with Gasteiger partial charge in [-0.3, -0.25) is 0 Å². The fraction of sp³-hybridized carbons (Fsp3) is 0.111. The molecule has 0 aliphatic heterocycles. The van der Waals surface area contributed by atoms with Gasteiger partial charge < -0.3 is 5.73 Å². The van der Waals surface area contributed by atoms with E-state index in [1.54, 1.807) is 18.2 Å². The zero-order chi connectivity index (χ0) is 9.14. The lowest BCUT2D eigenvalue weighted by Gasteiger charge is -2.06. The number of benzene rings is 1.